The third-order valence-electron chi connectivity index (χ3n) is 3.83. The summed E-state index contributed by atoms with van der Waals surface area (Å²) in [6.45, 7) is 5.69. The minimum absolute atomic E-state index is 0.213. The maximum absolute atomic E-state index is 12.8. The predicted molar refractivity (Wildman–Crippen MR) is 105 cm³/mol. The summed E-state index contributed by atoms with van der Waals surface area (Å²) >= 11 is 5.02. The highest BCUT2D eigenvalue weighted by atomic mass is 32.2. The normalized spacial score (nSPS) is 14.1. The van der Waals surface area contributed by atoms with Crippen molar-refractivity contribution in [2.75, 3.05) is 17.4 Å². The zero-order valence-corrected chi connectivity index (χ0v) is 15.7. The van der Waals surface area contributed by atoms with Crippen LogP contribution in [0.15, 0.2) is 53.4 Å². The first-order chi connectivity index (χ1) is 12.3. The van der Waals surface area contributed by atoms with Gasteiger partial charge in [-0.2, -0.15) is 0 Å². The Morgan fingerprint density at radius 1 is 1.19 bits per heavy atom. The van der Waals surface area contributed by atoms with E-state index in [0.717, 1.165) is 15.3 Å². The fourth-order valence-electron chi connectivity index (χ4n) is 2.70. The molecular formula is C17H18N4O3S2. The molecule has 2 aromatic rings. The van der Waals surface area contributed by atoms with Crippen LogP contribution in [0.25, 0.3) is 10.8 Å². The van der Waals surface area contributed by atoms with Crippen LogP contribution in [-0.4, -0.2) is 32.5 Å². The van der Waals surface area contributed by atoms with Crippen LogP contribution in [0.2, 0.25) is 0 Å². The lowest BCUT2D eigenvalue weighted by Crippen LogP contribution is -2.50. The SMILES string of the molecule is C=C(C)CNC(=S)NNC(=O)CN1c2cccc3cccc(c23)S1(=O)=O. The smallest absolute Gasteiger partial charge is 0.265 e. The number of hydrogen-bond donors (Lipinski definition) is 3. The molecule has 3 rings (SSSR count). The Hall–Kier alpha value is -2.65. The molecule has 0 saturated heterocycles. The summed E-state index contributed by atoms with van der Waals surface area (Å²) in [7, 11) is -3.77. The molecule has 1 aliphatic heterocycles. The number of thiocarbonyl (C=S) groups is 1. The van der Waals surface area contributed by atoms with E-state index >= 15 is 0 Å². The van der Waals surface area contributed by atoms with Crippen LogP contribution in [0.1, 0.15) is 6.92 Å². The number of carbonyl (C=O) groups excluding carboxylic acids is 1. The number of nitrogens with zero attached hydrogens (tertiary/aromatic N) is 1. The Morgan fingerprint density at radius 2 is 1.88 bits per heavy atom. The number of amides is 1. The van der Waals surface area contributed by atoms with E-state index in [1.807, 2.05) is 19.1 Å². The number of benzene rings is 2. The molecule has 26 heavy (non-hydrogen) atoms. The summed E-state index contributed by atoms with van der Waals surface area (Å²) in [5.74, 6) is -0.530. The number of hydrazine groups is 1. The van der Waals surface area contributed by atoms with Crippen LogP contribution in [0.4, 0.5) is 5.69 Å². The molecule has 136 valence electrons. The maximum atomic E-state index is 12.8. The summed E-state index contributed by atoms with van der Waals surface area (Å²) in [6, 6.07) is 10.4. The fourth-order valence-corrected chi connectivity index (χ4v) is 4.49. The second-order valence-corrected chi connectivity index (χ2v) is 8.20. The van der Waals surface area contributed by atoms with E-state index in [0.29, 0.717) is 17.6 Å². The average Bonchev–Trinajstić information content (AvgIpc) is 2.82. The second kappa shape index (κ2) is 6.93. The molecule has 0 aromatic heterocycles. The van der Waals surface area contributed by atoms with Crippen molar-refractivity contribution in [1.82, 2.24) is 16.2 Å². The topological polar surface area (TPSA) is 90.5 Å². The zero-order valence-electron chi connectivity index (χ0n) is 14.1. The van der Waals surface area contributed by atoms with Gasteiger partial charge in [0.05, 0.1) is 10.6 Å². The van der Waals surface area contributed by atoms with Crippen LogP contribution < -0.4 is 20.5 Å². The molecule has 2 aromatic carbocycles. The summed E-state index contributed by atoms with van der Waals surface area (Å²) in [5.41, 5.74) is 6.32. The Kier molecular flexibility index (Phi) is 4.84. The number of anilines is 1. The van der Waals surface area contributed by atoms with Gasteiger partial charge >= 0.3 is 0 Å². The molecule has 0 atom stereocenters. The molecule has 1 heterocycles. The van der Waals surface area contributed by atoms with Gasteiger partial charge in [0.2, 0.25) is 0 Å². The Bertz CT molecular complexity index is 1010. The molecule has 7 nitrogen and oxygen atoms in total. The van der Waals surface area contributed by atoms with Gasteiger partial charge in [-0.25, -0.2) is 8.42 Å². The quantitative estimate of drug-likeness (QED) is 0.416. The Labute approximate surface area is 157 Å². The van der Waals surface area contributed by atoms with E-state index in [9.17, 15) is 13.2 Å². The molecule has 0 bridgehead atoms. The second-order valence-electron chi connectivity index (χ2n) is 5.96. The standard InChI is InChI=1S/C17H18N4O3S2/c1-11(2)9-18-17(25)20-19-15(22)10-21-13-7-3-5-12-6-4-8-14(16(12)13)26(21,23)24/h3-8H,1,9-10H2,2H3,(H,19,22)(H2,18,20,25). The minimum Gasteiger partial charge on any atom is -0.358 e. The van der Waals surface area contributed by atoms with Crippen LogP contribution in [0, 0.1) is 0 Å². The molecule has 0 saturated carbocycles. The molecular weight excluding hydrogens is 372 g/mol. The lowest BCUT2D eigenvalue weighted by molar-refractivity contribution is -0.120. The van der Waals surface area contributed by atoms with Gasteiger partial charge < -0.3 is 5.32 Å². The van der Waals surface area contributed by atoms with Crippen LogP contribution in [-0.2, 0) is 14.8 Å². The van der Waals surface area contributed by atoms with Gasteiger partial charge in [0.15, 0.2) is 5.11 Å². The number of hydrogen-bond acceptors (Lipinski definition) is 4. The van der Waals surface area contributed by atoms with Crippen molar-refractivity contribution in [3.8, 4) is 0 Å². The molecule has 0 radical (unpaired) electrons. The lowest BCUT2D eigenvalue weighted by atomic mass is 10.1. The van der Waals surface area contributed by atoms with Crippen LogP contribution in [0.5, 0.6) is 0 Å². The van der Waals surface area contributed by atoms with Crippen molar-refractivity contribution < 1.29 is 13.2 Å². The first-order valence-electron chi connectivity index (χ1n) is 7.82. The third kappa shape index (κ3) is 3.35. The first kappa shape index (κ1) is 18.2. The summed E-state index contributed by atoms with van der Waals surface area (Å²) in [4.78, 5) is 12.4. The number of sulfonamides is 1. The molecule has 1 amide bonds. The van der Waals surface area contributed by atoms with E-state index in [4.69, 9.17) is 12.2 Å². The van der Waals surface area contributed by atoms with Gasteiger partial charge in [-0.05, 0) is 36.7 Å². The van der Waals surface area contributed by atoms with Crippen molar-refractivity contribution in [2.45, 2.75) is 11.8 Å². The number of carbonyl (C=O) groups is 1. The molecule has 0 spiro atoms. The Balaban J connectivity index is 1.73. The fraction of sp³-hybridized carbons (Fsp3) is 0.176. The summed E-state index contributed by atoms with van der Waals surface area (Å²) < 4.78 is 26.7. The van der Waals surface area contributed by atoms with Gasteiger partial charge in [-0.3, -0.25) is 20.0 Å². The molecule has 0 aliphatic carbocycles. The van der Waals surface area contributed by atoms with Crippen LogP contribution >= 0.6 is 12.2 Å². The molecule has 0 unspecified atom stereocenters. The predicted octanol–water partition coefficient (Wildman–Crippen LogP) is 1.42. The summed E-state index contributed by atoms with van der Waals surface area (Å²) in [6.07, 6.45) is 0. The van der Waals surface area contributed by atoms with E-state index in [1.165, 1.54) is 0 Å². The van der Waals surface area contributed by atoms with Gasteiger partial charge in [-0.15, -0.1) is 0 Å². The van der Waals surface area contributed by atoms with Crippen molar-refractivity contribution in [2.24, 2.45) is 0 Å². The van der Waals surface area contributed by atoms with E-state index in [2.05, 4.69) is 22.7 Å². The van der Waals surface area contributed by atoms with Crippen LogP contribution in [0.3, 0.4) is 0 Å². The number of nitrogens with one attached hydrogen (secondary N) is 3. The van der Waals surface area contributed by atoms with Crippen molar-refractivity contribution in [3.63, 3.8) is 0 Å². The average molecular weight is 390 g/mol. The van der Waals surface area contributed by atoms with Crippen molar-refractivity contribution in [1.29, 1.82) is 0 Å². The van der Waals surface area contributed by atoms with E-state index in [-0.39, 0.29) is 16.6 Å². The zero-order chi connectivity index (χ0) is 18.9. The van der Waals surface area contributed by atoms with Crippen molar-refractivity contribution >= 4 is 49.7 Å². The molecule has 1 aliphatic rings. The first-order valence-corrected chi connectivity index (χ1v) is 9.67. The highest BCUT2D eigenvalue weighted by molar-refractivity contribution is 7.93. The van der Waals surface area contributed by atoms with E-state index < -0.39 is 15.9 Å². The molecule has 0 fully saturated rings. The van der Waals surface area contributed by atoms with Gasteiger partial charge in [-0.1, -0.05) is 36.4 Å². The van der Waals surface area contributed by atoms with Gasteiger partial charge in [0, 0.05) is 11.9 Å². The lowest BCUT2D eigenvalue weighted by Gasteiger charge is -2.19. The number of rotatable bonds is 4. The Morgan fingerprint density at radius 3 is 2.58 bits per heavy atom. The van der Waals surface area contributed by atoms with Crippen molar-refractivity contribution in [3.05, 3.63) is 48.6 Å². The monoisotopic (exact) mass is 390 g/mol. The van der Waals surface area contributed by atoms with Gasteiger partial charge in [0.1, 0.15) is 6.54 Å². The van der Waals surface area contributed by atoms with E-state index in [1.54, 1.807) is 24.3 Å². The van der Waals surface area contributed by atoms with Gasteiger partial charge in [0.25, 0.3) is 15.9 Å². The maximum Gasteiger partial charge on any atom is 0.265 e. The highest BCUT2D eigenvalue weighted by Crippen LogP contribution is 2.41. The third-order valence-corrected chi connectivity index (χ3v) is 5.88. The largest absolute Gasteiger partial charge is 0.358 e. The summed E-state index contributed by atoms with van der Waals surface area (Å²) in [5, 5.41) is 4.52. The molecule has 3 N–H and O–H groups in total. The highest BCUT2D eigenvalue weighted by Gasteiger charge is 2.36. The molecule has 9 heteroatoms. The minimum atomic E-state index is -3.77.